The topological polar surface area (TPSA) is 68.3 Å². The molecule has 0 bridgehead atoms. The third-order valence-corrected chi connectivity index (χ3v) is 5.74. The molecule has 3 aromatic rings. The number of carbonyl (C=O) groups is 2. The van der Waals surface area contributed by atoms with Gasteiger partial charge >= 0.3 is 5.97 Å². The fraction of sp³-hybridized carbons (Fsp3) is 0.250. The second-order valence-corrected chi connectivity index (χ2v) is 8.16. The molecule has 1 unspecified atom stereocenters. The van der Waals surface area contributed by atoms with Gasteiger partial charge in [0.1, 0.15) is 9.88 Å². The summed E-state index contributed by atoms with van der Waals surface area (Å²) in [5, 5.41) is 5.73. The van der Waals surface area contributed by atoms with Crippen LogP contribution in [0.1, 0.15) is 41.5 Å². The molecule has 5 nitrogen and oxygen atoms in total. The van der Waals surface area contributed by atoms with Gasteiger partial charge in [-0.1, -0.05) is 36.4 Å². The van der Waals surface area contributed by atoms with E-state index in [4.69, 9.17) is 4.74 Å². The number of hydrogen-bond acceptors (Lipinski definition) is 6. The Hall–Kier alpha value is -2.51. The van der Waals surface area contributed by atoms with E-state index >= 15 is 0 Å². The first-order valence-corrected chi connectivity index (χ1v) is 10.3. The van der Waals surface area contributed by atoms with Crippen molar-refractivity contribution in [3.63, 3.8) is 0 Å². The van der Waals surface area contributed by atoms with Crippen LogP contribution < -0.4 is 5.32 Å². The van der Waals surface area contributed by atoms with Crippen molar-refractivity contribution in [3.8, 4) is 9.88 Å². The first kappa shape index (κ1) is 19.3. The second-order valence-electron chi connectivity index (χ2n) is 6.19. The molecule has 0 fully saturated rings. The smallest absolute Gasteiger partial charge is 0.308 e. The van der Waals surface area contributed by atoms with E-state index in [1.165, 1.54) is 11.3 Å². The minimum atomic E-state index is -0.461. The van der Waals surface area contributed by atoms with E-state index in [9.17, 15) is 9.59 Å². The Morgan fingerprint density at radius 1 is 1.15 bits per heavy atom. The lowest BCUT2D eigenvalue weighted by atomic mass is 10.0. The highest BCUT2D eigenvalue weighted by Crippen LogP contribution is 2.29. The average molecular weight is 401 g/mol. The van der Waals surface area contributed by atoms with E-state index in [-0.39, 0.29) is 24.4 Å². The Labute approximate surface area is 166 Å². The predicted octanol–water partition coefficient (Wildman–Crippen LogP) is 4.68. The monoisotopic (exact) mass is 400 g/mol. The number of esters is 1. The van der Waals surface area contributed by atoms with Crippen molar-refractivity contribution in [2.24, 2.45) is 0 Å². The van der Waals surface area contributed by atoms with Gasteiger partial charge in [0.15, 0.2) is 0 Å². The summed E-state index contributed by atoms with van der Waals surface area (Å²) >= 11 is 2.92. The standard InChI is InChI=1S/C20H20N2O3S2/c1-13(2)25-18(23)11-15(14-7-4-3-5-8-14)22-19(24)17-12-21-20(27-17)16-9-6-10-26-16/h3-10,12-13,15H,11H2,1-2H3,(H,22,24). The van der Waals surface area contributed by atoms with Crippen molar-refractivity contribution in [2.75, 3.05) is 0 Å². The van der Waals surface area contributed by atoms with Gasteiger partial charge < -0.3 is 10.1 Å². The molecule has 2 aromatic heterocycles. The lowest BCUT2D eigenvalue weighted by Gasteiger charge is -2.19. The second kappa shape index (κ2) is 8.92. The zero-order valence-electron chi connectivity index (χ0n) is 15.0. The fourth-order valence-electron chi connectivity index (χ4n) is 2.54. The number of ether oxygens (including phenoxy) is 1. The molecule has 0 aliphatic rings. The van der Waals surface area contributed by atoms with Crippen LogP contribution in [0, 0.1) is 0 Å². The molecule has 0 saturated heterocycles. The summed E-state index contributed by atoms with van der Waals surface area (Å²) in [7, 11) is 0. The number of aromatic nitrogens is 1. The number of thiophene rings is 1. The van der Waals surface area contributed by atoms with Crippen LogP contribution in [0.3, 0.4) is 0 Å². The van der Waals surface area contributed by atoms with E-state index in [0.717, 1.165) is 15.4 Å². The molecule has 140 valence electrons. The van der Waals surface area contributed by atoms with Gasteiger partial charge in [0.05, 0.1) is 29.6 Å². The van der Waals surface area contributed by atoms with Crippen molar-refractivity contribution < 1.29 is 14.3 Å². The number of nitrogens with one attached hydrogen (secondary N) is 1. The van der Waals surface area contributed by atoms with Gasteiger partial charge in [0, 0.05) is 0 Å². The number of thiazole rings is 1. The van der Waals surface area contributed by atoms with Gasteiger partial charge in [-0.2, -0.15) is 0 Å². The molecule has 27 heavy (non-hydrogen) atoms. The van der Waals surface area contributed by atoms with Crippen LogP contribution in [0.5, 0.6) is 0 Å². The first-order chi connectivity index (χ1) is 13.0. The Morgan fingerprint density at radius 3 is 2.59 bits per heavy atom. The highest BCUT2D eigenvalue weighted by Gasteiger charge is 2.22. The SMILES string of the molecule is CC(C)OC(=O)CC(NC(=O)c1cnc(-c2cccs2)s1)c1ccccc1. The van der Waals surface area contributed by atoms with E-state index in [0.29, 0.717) is 4.88 Å². The van der Waals surface area contributed by atoms with Gasteiger partial charge in [-0.15, -0.1) is 22.7 Å². The molecule has 7 heteroatoms. The number of hydrogen-bond donors (Lipinski definition) is 1. The summed E-state index contributed by atoms with van der Waals surface area (Å²) < 4.78 is 5.24. The normalized spacial score (nSPS) is 12.0. The average Bonchev–Trinajstić information content (AvgIpc) is 3.32. The molecule has 1 N–H and O–H groups in total. The maximum absolute atomic E-state index is 12.7. The van der Waals surface area contributed by atoms with Gasteiger partial charge in [-0.25, -0.2) is 4.98 Å². The molecule has 1 aromatic carbocycles. The van der Waals surface area contributed by atoms with Crippen LogP contribution in [0.15, 0.2) is 54.0 Å². The largest absolute Gasteiger partial charge is 0.463 e. The highest BCUT2D eigenvalue weighted by molar-refractivity contribution is 7.21. The molecule has 0 spiro atoms. The van der Waals surface area contributed by atoms with Gasteiger partial charge in [0.2, 0.25) is 0 Å². The van der Waals surface area contributed by atoms with Crippen molar-refractivity contribution in [3.05, 3.63) is 64.5 Å². The molecule has 0 saturated carbocycles. The maximum atomic E-state index is 12.7. The Bertz CT molecular complexity index is 889. The zero-order valence-corrected chi connectivity index (χ0v) is 16.7. The molecule has 0 radical (unpaired) electrons. The summed E-state index contributed by atoms with van der Waals surface area (Å²) in [6.45, 7) is 3.61. The van der Waals surface area contributed by atoms with E-state index in [1.807, 2.05) is 47.8 Å². The predicted molar refractivity (Wildman–Crippen MR) is 108 cm³/mol. The van der Waals surface area contributed by atoms with Crippen LogP contribution in [-0.2, 0) is 9.53 Å². The van der Waals surface area contributed by atoms with Crippen molar-refractivity contribution in [1.29, 1.82) is 0 Å². The number of benzene rings is 1. The Morgan fingerprint density at radius 2 is 1.93 bits per heavy atom. The first-order valence-electron chi connectivity index (χ1n) is 8.58. The maximum Gasteiger partial charge on any atom is 0.308 e. The Balaban J connectivity index is 1.75. The summed E-state index contributed by atoms with van der Waals surface area (Å²) in [5.41, 5.74) is 0.856. The number of rotatable bonds is 7. The molecule has 3 rings (SSSR count). The van der Waals surface area contributed by atoms with Crippen LogP contribution in [0.4, 0.5) is 0 Å². The molecule has 0 aliphatic heterocycles. The van der Waals surface area contributed by atoms with Crippen LogP contribution in [0.25, 0.3) is 9.88 Å². The number of amides is 1. The van der Waals surface area contributed by atoms with Crippen LogP contribution in [-0.4, -0.2) is 23.0 Å². The summed E-state index contributed by atoms with van der Waals surface area (Å²) in [5.74, 6) is -0.593. The van der Waals surface area contributed by atoms with E-state index in [1.54, 1.807) is 31.4 Å². The molecule has 0 aliphatic carbocycles. The van der Waals surface area contributed by atoms with Crippen LogP contribution >= 0.6 is 22.7 Å². The van der Waals surface area contributed by atoms with Gasteiger partial charge in [0.25, 0.3) is 5.91 Å². The molecular weight excluding hydrogens is 380 g/mol. The summed E-state index contributed by atoms with van der Waals surface area (Å²) in [6.07, 6.45) is 1.45. The summed E-state index contributed by atoms with van der Waals surface area (Å²) in [4.78, 5) is 30.7. The lowest BCUT2D eigenvalue weighted by Crippen LogP contribution is -2.30. The minimum absolute atomic E-state index is 0.0739. The Kier molecular flexibility index (Phi) is 6.36. The zero-order chi connectivity index (χ0) is 19.2. The number of carbonyl (C=O) groups excluding carboxylic acids is 2. The third-order valence-electron chi connectivity index (χ3n) is 3.71. The molecule has 1 amide bonds. The van der Waals surface area contributed by atoms with Crippen molar-refractivity contribution in [1.82, 2.24) is 10.3 Å². The minimum Gasteiger partial charge on any atom is -0.463 e. The third kappa shape index (κ3) is 5.24. The quantitative estimate of drug-likeness (QED) is 0.585. The molecule has 2 heterocycles. The number of nitrogens with zero attached hydrogens (tertiary/aromatic N) is 1. The van der Waals surface area contributed by atoms with E-state index in [2.05, 4.69) is 10.3 Å². The van der Waals surface area contributed by atoms with Gasteiger partial charge in [-0.3, -0.25) is 9.59 Å². The van der Waals surface area contributed by atoms with Crippen LogP contribution in [0.2, 0.25) is 0 Å². The van der Waals surface area contributed by atoms with Crippen molar-refractivity contribution >= 4 is 34.6 Å². The van der Waals surface area contributed by atoms with Crippen molar-refractivity contribution in [2.45, 2.75) is 32.4 Å². The highest BCUT2D eigenvalue weighted by atomic mass is 32.1. The van der Waals surface area contributed by atoms with E-state index < -0.39 is 6.04 Å². The fourth-order valence-corrected chi connectivity index (χ4v) is 4.16. The molecule has 1 atom stereocenters. The lowest BCUT2D eigenvalue weighted by molar-refractivity contribution is -0.147. The van der Waals surface area contributed by atoms with Gasteiger partial charge in [-0.05, 0) is 30.9 Å². The summed E-state index contributed by atoms with van der Waals surface area (Å²) in [6, 6.07) is 12.9. The molecular formula is C20H20N2O3S2.